The maximum Gasteiger partial charge on any atom is 0.417 e. The summed E-state index contributed by atoms with van der Waals surface area (Å²) in [6.07, 6.45) is -4.46. The summed E-state index contributed by atoms with van der Waals surface area (Å²) < 4.78 is 40.3. The third-order valence-electron chi connectivity index (χ3n) is 4.19. The number of fused-ring (bicyclic) bond motifs is 1. The van der Waals surface area contributed by atoms with Gasteiger partial charge in [0.15, 0.2) is 5.82 Å². The Morgan fingerprint density at radius 2 is 1.68 bits per heavy atom. The number of hydrogen-bond donors (Lipinski definition) is 2. The van der Waals surface area contributed by atoms with Gasteiger partial charge in [-0.2, -0.15) is 18.3 Å². The molecule has 0 aliphatic rings. The Balaban J connectivity index is 0.00000225. The molecule has 0 saturated carbocycles. The quantitative estimate of drug-likeness (QED) is 0.448. The first-order chi connectivity index (χ1) is 12.9. The van der Waals surface area contributed by atoms with Gasteiger partial charge in [0.2, 0.25) is 0 Å². The summed E-state index contributed by atoms with van der Waals surface area (Å²) in [6, 6.07) is 16.2. The molecule has 4 rings (SSSR count). The molecule has 2 heterocycles. The number of aromatic nitrogens is 3. The van der Waals surface area contributed by atoms with Crippen molar-refractivity contribution in [2.24, 2.45) is 0 Å². The molecule has 2 aromatic carbocycles. The fraction of sp³-hybridized carbons (Fsp3) is 0.100. The zero-order chi connectivity index (χ0) is 19.0. The minimum Gasteiger partial charge on any atom is -0.338 e. The number of para-hydroxylation sites is 1. The first kappa shape index (κ1) is 20.0. The van der Waals surface area contributed by atoms with Crippen molar-refractivity contribution < 1.29 is 31.7 Å². The zero-order valence-corrected chi connectivity index (χ0v) is 16.1. The van der Waals surface area contributed by atoms with Crippen LogP contribution in [0.15, 0.2) is 60.7 Å². The number of pyridine rings is 1. The molecule has 4 aromatic rings. The van der Waals surface area contributed by atoms with Crippen LogP contribution in [-0.2, 0) is 24.7 Å². The Bertz CT molecular complexity index is 1120. The fourth-order valence-corrected chi connectivity index (χ4v) is 2.99. The van der Waals surface area contributed by atoms with Crippen LogP contribution in [0, 0.1) is 6.92 Å². The molecule has 8 heteroatoms. The van der Waals surface area contributed by atoms with E-state index in [0.29, 0.717) is 17.0 Å². The summed E-state index contributed by atoms with van der Waals surface area (Å²) in [5, 5.41) is 10.9. The summed E-state index contributed by atoms with van der Waals surface area (Å²) in [5.41, 5.74) is 1.68. The summed E-state index contributed by atoms with van der Waals surface area (Å²) in [5.74, 6) is 0.582. The van der Waals surface area contributed by atoms with E-state index in [2.05, 4.69) is 20.5 Å². The third-order valence-corrected chi connectivity index (χ3v) is 4.19. The van der Waals surface area contributed by atoms with Gasteiger partial charge in [-0.05, 0) is 25.1 Å². The average Bonchev–Trinajstić information content (AvgIpc) is 3.06. The number of anilines is 2. The largest absolute Gasteiger partial charge is 0.417 e. The second kappa shape index (κ2) is 7.69. The van der Waals surface area contributed by atoms with E-state index in [1.165, 1.54) is 12.1 Å². The van der Waals surface area contributed by atoms with Crippen molar-refractivity contribution in [3.8, 4) is 11.3 Å². The van der Waals surface area contributed by atoms with Gasteiger partial charge in [-0.15, -0.1) is 0 Å². The Morgan fingerprint density at radius 3 is 2.39 bits per heavy atom. The maximum atomic E-state index is 13.4. The van der Waals surface area contributed by atoms with Crippen LogP contribution in [0.3, 0.4) is 0 Å². The molecule has 0 bridgehead atoms. The molecule has 0 spiro atoms. The van der Waals surface area contributed by atoms with Gasteiger partial charge < -0.3 is 5.32 Å². The van der Waals surface area contributed by atoms with Gasteiger partial charge in [-0.1, -0.05) is 36.4 Å². The van der Waals surface area contributed by atoms with Crippen molar-refractivity contribution in [3.63, 3.8) is 0 Å². The second-order valence-corrected chi connectivity index (χ2v) is 6.18. The molecular formula is C20H15F3N4V. The number of aryl methyl sites for hydroxylation is 1. The van der Waals surface area contributed by atoms with E-state index < -0.39 is 11.7 Å². The third kappa shape index (κ3) is 3.91. The van der Waals surface area contributed by atoms with Crippen LogP contribution in [0.4, 0.5) is 24.7 Å². The van der Waals surface area contributed by atoms with Crippen molar-refractivity contribution in [3.05, 3.63) is 71.9 Å². The molecule has 0 atom stereocenters. The molecule has 1 radical (unpaired) electrons. The first-order valence-corrected chi connectivity index (χ1v) is 8.27. The monoisotopic (exact) mass is 419 g/mol. The van der Waals surface area contributed by atoms with Gasteiger partial charge in [0.25, 0.3) is 0 Å². The number of rotatable bonds is 3. The Hall–Kier alpha value is -2.77. The fourth-order valence-electron chi connectivity index (χ4n) is 2.99. The molecule has 2 N–H and O–H groups in total. The molecule has 141 valence electrons. The number of halogens is 3. The molecule has 4 nitrogen and oxygen atoms in total. The van der Waals surface area contributed by atoms with Crippen molar-refractivity contribution in [1.29, 1.82) is 0 Å². The normalized spacial score (nSPS) is 11.3. The summed E-state index contributed by atoms with van der Waals surface area (Å²) in [4.78, 5) is 4.46. The number of nitrogens with one attached hydrogen (secondary N) is 2. The van der Waals surface area contributed by atoms with E-state index in [1.807, 2.05) is 25.1 Å². The first-order valence-electron chi connectivity index (χ1n) is 8.27. The van der Waals surface area contributed by atoms with Crippen molar-refractivity contribution >= 4 is 22.4 Å². The predicted octanol–water partition coefficient (Wildman–Crippen LogP) is 5.69. The topological polar surface area (TPSA) is 53.6 Å². The van der Waals surface area contributed by atoms with E-state index >= 15 is 0 Å². The van der Waals surface area contributed by atoms with Crippen LogP contribution >= 0.6 is 0 Å². The molecule has 0 unspecified atom stereocenters. The van der Waals surface area contributed by atoms with Gasteiger partial charge in [0.05, 0.1) is 22.5 Å². The van der Waals surface area contributed by atoms with Crippen LogP contribution in [0.1, 0.15) is 11.3 Å². The molecule has 28 heavy (non-hydrogen) atoms. The Labute approximate surface area is 171 Å². The van der Waals surface area contributed by atoms with Gasteiger partial charge in [-0.25, -0.2) is 4.98 Å². The zero-order valence-electron chi connectivity index (χ0n) is 14.7. The summed E-state index contributed by atoms with van der Waals surface area (Å²) in [6.45, 7) is 1.87. The standard InChI is InChI=1S/C20H15F3N4.V/c1-12-10-19(27-26-12)25-18-11-17(24-16-9-5-3-7-14(16)18)13-6-2-4-8-15(13)20(21,22)23;/h2-11H,1H3,(H2,24,25,26,27);. The molecule has 0 saturated heterocycles. The van der Waals surface area contributed by atoms with Crippen LogP contribution in [0.2, 0.25) is 0 Å². The van der Waals surface area contributed by atoms with E-state index in [0.717, 1.165) is 17.1 Å². The van der Waals surface area contributed by atoms with Gasteiger partial charge >= 0.3 is 6.18 Å². The van der Waals surface area contributed by atoms with Gasteiger partial charge in [0.1, 0.15) is 0 Å². The maximum absolute atomic E-state index is 13.4. The summed E-state index contributed by atoms with van der Waals surface area (Å²) >= 11 is 0. The summed E-state index contributed by atoms with van der Waals surface area (Å²) in [7, 11) is 0. The number of hydrogen-bond acceptors (Lipinski definition) is 3. The molecule has 0 aliphatic heterocycles. The number of alkyl halides is 3. The number of benzene rings is 2. The Morgan fingerprint density at radius 1 is 0.964 bits per heavy atom. The SMILES string of the molecule is Cc1cc(Nc2cc(-c3ccccc3C(F)(F)F)nc3ccccc23)n[nH]1.[V]. The van der Waals surface area contributed by atoms with Gasteiger partial charge in [0, 0.05) is 41.3 Å². The molecule has 0 fully saturated rings. The molecule has 2 aromatic heterocycles. The smallest absolute Gasteiger partial charge is 0.338 e. The van der Waals surface area contributed by atoms with Crippen molar-refractivity contribution in [2.75, 3.05) is 5.32 Å². The number of H-pyrrole nitrogens is 1. The van der Waals surface area contributed by atoms with Gasteiger partial charge in [-0.3, -0.25) is 5.10 Å². The number of aromatic amines is 1. The van der Waals surface area contributed by atoms with E-state index in [1.54, 1.807) is 24.3 Å². The van der Waals surface area contributed by atoms with E-state index in [9.17, 15) is 13.2 Å². The van der Waals surface area contributed by atoms with E-state index in [-0.39, 0.29) is 29.8 Å². The van der Waals surface area contributed by atoms with Crippen LogP contribution in [0.5, 0.6) is 0 Å². The number of nitrogens with zero attached hydrogens (tertiary/aromatic N) is 2. The van der Waals surface area contributed by atoms with Crippen LogP contribution < -0.4 is 5.32 Å². The van der Waals surface area contributed by atoms with Crippen molar-refractivity contribution in [1.82, 2.24) is 15.2 Å². The van der Waals surface area contributed by atoms with E-state index in [4.69, 9.17) is 0 Å². The molecule has 0 aliphatic carbocycles. The average molecular weight is 419 g/mol. The van der Waals surface area contributed by atoms with Crippen molar-refractivity contribution in [2.45, 2.75) is 13.1 Å². The minimum atomic E-state index is -4.46. The minimum absolute atomic E-state index is 0. The van der Waals surface area contributed by atoms with Crippen LogP contribution in [-0.4, -0.2) is 15.2 Å². The second-order valence-electron chi connectivity index (χ2n) is 6.18. The predicted molar refractivity (Wildman–Crippen MR) is 98.8 cm³/mol. The Kier molecular flexibility index (Phi) is 5.49. The molecular weight excluding hydrogens is 404 g/mol. The molecule has 0 amide bonds. The van der Waals surface area contributed by atoms with Crippen LogP contribution in [0.25, 0.3) is 22.2 Å².